The molecule has 0 radical (unpaired) electrons. The van der Waals surface area contributed by atoms with E-state index in [1.807, 2.05) is 18.2 Å². The molecule has 5 nitrogen and oxygen atoms in total. The Bertz CT molecular complexity index is 940. The minimum absolute atomic E-state index is 0.219. The number of benzene rings is 2. The van der Waals surface area contributed by atoms with Crippen molar-refractivity contribution >= 4 is 5.91 Å². The molecule has 4 rings (SSSR count). The number of rotatable bonds is 4. The van der Waals surface area contributed by atoms with E-state index in [2.05, 4.69) is 10.3 Å². The second-order valence-corrected chi connectivity index (χ2v) is 5.81. The highest BCUT2D eigenvalue weighted by molar-refractivity contribution is 5.94. The Morgan fingerprint density at radius 3 is 2.62 bits per heavy atom. The summed E-state index contributed by atoms with van der Waals surface area (Å²) in [6.07, 6.45) is 1.51. The molecule has 1 aliphatic heterocycles. The molecule has 1 amide bonds. The molecule has 1 aromatic heterocycles. The Kier molecular flexibility index (Phi) is 4.23. The highest BCUT2D eigenvalue weighted by atomic mass is 19.1. The van der Waals surface area contributed by atoms with Crippen molar-refractivity contribution in [1.29, 1.82) is 0 Å². The number of ether oxygens (including phenoxy) is 2. The van der Waals surface area contributed by atoms with E-state index < -0.39 is 0 Å². The Morgan fingerprint density at radius 2 is 1.85 bits per heavy atom. The van der Waals surface area contributed by atoms with Gasteiger partial charge in [-0.05, 0) is 54.1 Å². The summed E-state index contributed by atoms with van der Waals surface area (Å²) >= 11 is 0. The largest absolute Gasteiger partial charge is 0.454 e. The lowest BCUT2D eigenvalue weighted by atomic mass is 10.1. The Labute approximate surface area is 149 Å². The van der Waals surface area contributed by atoms with Gasteiger partial charge in [0.2, 0.25) is 6.79 Å². The Balaban J connectivity index is 1.41. The van der Waals surface area contributed by atoms with E-state index in [9.17, 15) is 9.18 Å². The number of nitrogens with zero attached hydrogens (tertiary/aromatic N) is 1. The van der Waals surface area contributed by atoms with Gasteiger partial charge in [-0.25, -0.2) is 4.39 Å². The minimum Gasteiger partial charge on any atom is -0.454 e. The number of hydrogen-bond donors (Lipinski definition) is 1. The first-order chi connectivity index (χ1) is 12.7. The number of carbonyl (C=O) groups excluding carboxylic acids is 1. The molecular weight excluding hydrogens is 335 g/mol. The van der Waals surface area contributed by atoms with Crippen LogP contribution in [0.2, 0.25) is 0 Å². The first-order valence-corrected chi connectivity index (χ1v) is 8.08. The third-order valence-electron chi connectivity index (χ3n) is 4.06. The normalized spacial score (nSPS) is 12.0. The van der Waals surface area contributed by atoms with Crippen LogP contribution in [-0.4, -0.2) is 17.7 Å². The molecule has 0 atom stereocenters. The molecule has 2 heterocycles. The minimum atomic E-state index is -0.298. The van der Waals surface area contributed by atoms with Crippen molar-refractivity contribution in [2.45, 2.75) is 6.54 Å². The van der Waals surface area contributed by atoms with Crippen molar-refractivity contribution in [3.05, 3.63) is 77.7 Å². The van der Waals surface area contributed by atoms with Gasteiger partial charge in [0.1, 0.15) is 5.82 Å². The molecule has 2 aromatic carbocycles. The Hall–Kier alpha value is -3.41. The van der Waals surface area contributed by atoms with Crippen LogP contribution >= 0.6 is 0 Å². The van der Waals surface area contributed by atoms with Crippen LogP contribution in [0.3, 0.4) is 0 Å². The topological polar surface area (TPSA) is 60.5 Å². The number of carbonyl (C=O) groups is 1. The summed E-state index contributed by atoms with van der Waals surface area (Å²) in [5.41, 5.74) is 2.84. The Morgan fingerprint density at radius 1 is 1.04 bits per heavy atom. The fraction of sp³-hybridized carbons (Fsp3) is 0.100. The number of halogens is 1. The molecule has 130 valence electrons. The standard InChI is InChI=1S/C20H15FN2O3/c21-16-5-2-14(3-6-16)17-7-4-15(11-22-17)20(24)23-10-13-1-8-18-19(9-13)26-12-25-18/h1-9,11H,10,12H2,(H,23,24). The fourth-order valence-electron chi connectivity index (χ4n) is 2.65. The fourth-order valence-corrected chi connectivity index (χ4v) is 2.65. The second kappa shape index (κ2) is 6.84. The van der Waals surface area contributed by atoms with E-state index in [0.717, 1.165) is 11.1 Å². The second-order valence-electron chi connectivity index (χ2n) is 5.81. The highest BCUT2D eigenvalue weighted by Gasteiger charge is 2.14. The molecule has 3 aromatic rings. The number of aromatic nitrogens is 1. The van der Waals surface area contributed by atoms with E-state index in [0.29, 0.717) is 29.3 Å². The summed E-state index contributed by atoms with van der Waals surface area (Å²) in [7, 11) is 0. The van der Waals surface area contributed by atoms with Crippen molar-refractivity contribution in [1.82, 2.24) is 10.3 Å². The maximum absolute atomic E-state index is 13.0. The molecule has 26 heavy (non-hydrogen) atoms. The smallest absolute Gasteiger partial charge is 0.253 e. The molecule has 1 aliphatic rings. The van der Waals surface area contributed by atoms with Crippen molar-refractivity contribution in [3.63, 3.8) is 0 Å². The number of hydrogen-bond acceptors (Lipinski definition) is 4. The summed E-state index contributed by atoms with van der Waals surface area (Å²) in [4.78, 5) is 16.6. The van der Waals surface area contributed by atoms with Gasteiger partial charge in [-0.2, -0.15) is 0 Å². The van der Waals surface area contributed by atoms with Crippen LogP contribution in [0.5, 0.6) is 11.5 Å². The maximum atomic E-state index is 13.0. The average molecular weight is 350 g/mol. The van der Waals surface area contributed by atoms with Crippen LogP contribution in [0.1, 0.15) is 15.9 Å². The zero-order valence-electron chi connectivity index (χ0n) is 13.7. The lowest BCUT2D eigenvalue weighted by Crippen LogP contribution is -2.22. The molecular formula is C20H15FN2O3. The molecule has 0 saturated carbocycles. The summed E-state index contributed by atoms with van der Waals surface area (Å²) in [6.45, 7) is 0.590. The van der Waals surface area contributed by atoms with E-state index in [1.54, 1.807) is 24.3 Å². The molecule has 0 bridgehead atoms. The predicted octanol–water partition coefficient (Wildman–Crippen LogP) is 3.55. The molecule has 0 unspecified atom stereocenters. The van der Waals surface area contributed by atoms with Crippen LogP contribution in [0.15, 0.2) is 60.8 Å². The van der Waals surface area contributed by atoms with Gasteiger partial charge < -0.3 is 14.8 Å². The summed E-state index contributed by atoms with van der Waals surface area (Å²) in [5, 5.41) is 2.85. The van der Waals surface area contributed by atoms with Gasteiger partial charge in [0.25, 0.3) is 5.91 Å². The molecule has 0 saturated heterocycles. The van der Waals surface area contributed by atoms with Crippen LogP contribution in [0.25, 0.3) is 11.3 Å². The maximum Gasteiger partial charge on any atom is 0.253 e. The quantitative estimate of drug-likeness (QED) is 0.782. The average Bonchev–Trinajstić information content (AvgIpc) is 3.15. The van der Waals surface area contributed by atoms with Crippen molar-refractivity contribution in [3.8, 4) is 22.8 Å². The third kappa shape index (κ3) is 3.35. The van der Waals surface area contributed by atoms with Gasteiger partial charge in [-0.15, -0.1) is 0 Å². The van der Waals surface area contributed by atoms with Crippen LogP contribution in [0.4, 0.5) is 4.39 Å². The number of amides is 1. The van der Waals surface area contributed by atoms with Gasteiger partial charge in [0.15, 0.2) is 11.5 Å². The zero-order valence-corrected chi connectivity index (χ0v) is 13.7. The van der Waals surface area contributed by atoms with Gasteiger partial charge in [-0.1, -0.05) is 6.07 Å². The van der Waals surface area contributed by atoms with Crippen LogP contribution in [-0.2, 0) is 6.54 Å². The van der Waals surface area contributed by atoms with E-state index >= 15 is 0 Å². The van der Waals surface area contributed by atoms with Crippen molar-refractivity contribution in [2.24, 2.45) is 0 Å². The zero-order chi connectivity index (χ0) is 17.9. The molecule has 6 heteroatoms. The van der Waals surface area contributed by atoms with Gasteiger partial charge in [0.05, 0.1) is 11.3 Å². The third-order valence-corrected chi connectivity index (χ3v) is 4.06. The predicted molar refractivity (Wildman–Crippen MR) is 93.4 cm³/mol. The van der Waals surface area contributed by atoms with E-state index in [4.69, 9.17) is 9.47 Å². The van der Waals surface area contributed by atoms with E-state index in [-0.39, 0.29) is 18.5 Å². The summed E-state index contributed by atoms with van der Waals surface area (Å²) < 4.78 is 23.6. The number of nitrogens with one attached hydrogen (secondary N) is 1. The van der Waals surface area contributed by atoms with Crippen molar-refractivity contribution < 1.29 is 18.7 Å². The van der Waals surface area contributed by atoms with Crippen LogP contribution in [0, 0.1) is 5.82 Å². The van der Waals surface area contributed by atoms with Gasteiger partial charge in [-0.3, -0.25) is 9.78 Å². The lowest BCUT2D eigenvalue weighted by Gasteiger charge is -2.07. The molecule has 1 N–H and O–H groups in total. The SMILES string of the molecule is O=C(NCc1ccc2c(c1)OCO2)c1ccc(-c2ccc(F)cc2)nc1. The van der Waals surface area contributed by atoms with Gasteiger partial charge >= 0.3 is 0 Å². The summed E-state index contributed by atoms with van der Waals surface area (Å²) in [6, 6.07) is 15.0. The lowest BCUT2D eigenvalue weighted by molar-refractivity contribution is 0.0950. The first-order valence-electron chi connectivity index (χ1n) is 8.08. The molecule has 0 spiro atoms. The van der Waals surface area contributed by atoms with E-state index in [1.165, 1.54) is 18.3 Å². The molecule has 0 fully saturated rings. The van der Waals surface area contributed by atoms with Gasteiger partial charge in [0, 0.05) is 18.3 Å². The first kappa shape index (κ1) is 16.1. The monoisotopic (exact) mass is 350 g/mol. The highest BCUT2D eigenvalue weighted by Crippen LogP contribution is 2.32. The molecule has 0 aliphatic carbocycles. The summed E-state index contributed by atoms with van der Waals surface area (Å²) in [5.74, 6) is 0.872. The van der Waals surface area contributed by atoms with Crippen molar-refractivity contribution in [2.75, 3.05) is 6.79 Å². The number of fused-ring (bicyclic) bond motifs is 1. The number of pyridine rings is 1. The van der Waals surface area contributed by atoms with Crippen LogP contribution < -0.4 is 14.8 Å².